The van der Waals surface area contributed by atoms with Gasteiger partial charge in [0.25, 0.3) is 5.91 Å². The number of hydrazone groups is 1. The summed E-state index contributed by atoms with van der Waals surface area (Å²) in [5, 5.41) is 8.21. The maximum Gasteiger partial charge on any atom is 0.262 e. The molecule has 1 aliphatic rings. The quantitative estimate of drug-likeness (QED) is 0.838. The van der Waals surface area contributed by atoms with E-state index >= 15 is 0 Å². The molecule has 23 heavy (non-hydrogen) atoms. The van der Waals surface area contributed by atoms with Crippen molar-refractivity contribution in [3.8, 4) is 0 Å². The number of hydrogen-bond acceptors (Lipinski definition) is 5. The van der Waals surface area contributed by atoms with Crippen LogP contribution < -0.4 is 10.7 Å². The Hall–Kier alpha value is -1.95. The first kappa shape index (κ1) is 15.9. The van der Waals surface area contributed by atoms with E-state index in [9.17, 15) is 4.79 Å². The van der Waals surface area contributed by atoms with Crippen molar-refractivity contribution in [2.24, 2.45) is 11.0 Å². The minimum absolute atomic E-state index is 0.130. The van der Waals surface area contributed by atoms with Gasteiger partial charge in [-0.25, -0.2) is 10.4 Å². The van der Waals surface area contributed by atoms with E-state index in [1.807, 2.05) is 31.2 Å². The summed E-state index contributed by atoms with van der Waals surface area (Å²) < 4.78 is 1.11. The van der Waals surface area contributed by atoms with Gasteiger partial charge >= 0.3 is 0 Å². The average molecular weight is 330 g/mol. The largest absolute Gasteiger partial charge is 0.350 e. The van der Waals surface area contributed by atoms with Crippen LogP contribution in [0, 0.1) is 5.92 Å². The molecule has 122 valence electrons. The molecule has 0 saturated heterocycles. The van der Waals surface area contributed by atoms with Gasteiger partial charge in [-0.2, -0.15) is 5.10 Å². The fourth-order valence-electron chi connectivity index (χ4n) is 2.78. The van der Waals surface area contributed by atoms with E-state index in [4.69, 9.17) is 0 Å². The molecule has 1 amide bonds. The number of fused-ring (bicyclic) bond motifs is 1. The number of carbonyl (C=O) groups excluding carboxylic acids is 1. The van der Waals surface area contributed by atoms with Gasteiger partial charge in [0.2, 0.25) is 0 Å². The van der Waals surface area contributed by atoms with Gasteiger partial charge < -0.3 is 5.32 Å². The van der Waals surface area contributed by atoms with Gasteiger partial charge in [0.15, 0.2) is 5.13 Å². The van der Waals surface area contributed by atoms with Crippen molar-refractivity contribution >= 4 is 38.3 Å². The van der Waals surface area contributed by atoms with E-state index in [1.165, 1.54) is 6.42 Å². The molecule has 0 aliphatic heterocycles. The Kier molecular flexibility index (Phi) is 4.91. The molecule has 0 radical (unpaired) electrons. The van der Waals surface area contributed by atoms with Crippen molar-refractivity contribution in [1.29, 1.82) is 0 Å². The van der Waals surface area contributed by atoms with Crippen LogP contribution in [0.15, 0.2) is 29.4 Å². The normalized spacial score (nSPS) is 21.3. The zero-order valence-corrected chi connectivity index (χ0v) is 14.3. The average Bonchev–Trinajstić information content (AvgIpc) is 2.94. The predicted molar refractivity (Wildman–Crippen MR) is 95.9 cm³/mol. The summed E-state index contributed by atoms with van der Waals surface area (Å²) in [6, 6.07) is 7.57. The topological polar surface area (TPSA) is 66.4 Å². The third-order valence-electron chi connectivity index (χ3n) is 4.10. The van der Waals surface area contributed by atoms with Gasteiger partial charge in [-0.05, 0) is 50.7 Å². The first-order chi connectivity index (χ1) is 11.1. The van der Waals surface area contributed by atoms with E-state index in [2.05, 4.69) is 27.8 Å². The van der Waals surface area contributed by atoms with Crippen molar-refractivity contribution in [3.63, 3.8) is 0 Å². The molecule has 1 aromatic heterocycles. The van der Waals surface area contributed by atoms with Crippen LogP contribution in [0.2, 0.25) is 0 Å². The second kappa shape index (κ2) is 7.08. The predicted octanol–water partition coefficient (Wildman–Crippen LogP) is 3.78. The molecule has 1 aliphatic carbocycles. The molecular formula is C17H22N4OS. The number of thiazole rings is 1. The van der Waals surface area contributed by atoms with Crippen molar-refractivity contribution < 1.29 is 4.79 Å². The number of hydrogen-bond donors (Lipinski definition) is 2. The Morgan fingerprint density at radius 3 is 3.04 bits per heavy atom. The van der Waals surface area contributed by atoms with Crippen LogP contribution >= 0.6 is 11.3 Å². The Morgan fingerprint density at radius 2 is 2.26 bits per heavy atom. The second-order valence-electron chi connectivity index (χ2n) is 6.21. The van der Waals surface area contributed by atoms with Crippen LogP contribution in [0.1, 0.15) is 39.5 Å². The first-order valence-corrected chi connectivity index (χ1v) is 8.91. The SMILES string of the molecule is C[C@H]1CCC/C(=N\NC(=O)[C@H](C)Nc2nc3ccccc3s2)C1. The van der Waals surface area contributed by atoms with Crippen molar-refractivity contribution in [1.82, 2.24) is 10.4 Å². The smallest absolute Gasteiger partial charge is 0.262 e. The maximum absolute atomic E-state index is 12.2. The number of rotatable bonds is 4. The van der Waals surface area contributed by atoms with E-state index in [0.717, 1.165) is 40.3 Å². The van der Waals surface area contributed by atoms with Crippen molar-refractivity contribution in [2.75, 3.05) is 5.32 Å². The van der Waals surface area contributed by atoms with Gasteiger partial charge in [-0.15, -0.1) is 0 Å². The molecule has 0 bridgehead atoms. The number of carbonyl (C=O) groups is 1. The van der Waals surface area contributed by atoms with E-state index in [1.54, 1.807) is 11.3 Å². The van der Waals surface area contributed by atoms with E-state index < -0.39 is 0 Å². The van der Waals surface area contributed by atoms with Gasteiger partial charge in [-0.3, -0.25) is 4.79 Å². The van der Waals surface area contributed by atoms with Crippen LogP contribution in [0.4, 0.5) is 5.13 Å². The third kappa shape index (κ3) is 4.07. The highest BCUT2D eigenvalue weighted by atomic mass is 32.1. The maximum atomic E-state index is 12.2. The molecule has 1 saturated carbocycles. The number of nitrogens with zero attached hydrogens (tertiary/aromatic N) is 2. The van der Waals surface area contributed by atoms with E-state index in [0.29, 0.717) is 5.92 Å². The number of nitrogens with one attached hydrogen (secondary N) is 2. The Balaban J connectivity index is 1.57. The highest BCUT2D eigenvalue weighted by Crippen LogP contribution is 2.25. The lowest BCUT2D eigenvalue weighted by Gasteiger charge is -2.19. The lowest BCUT2D eigenvalue weighted by atomic mass is 9.89. The number of amides is 1. The Labute approximate surface area is 140 Å². The zero-order chi connectivity index (χ0) is 16.2. The van der Waals surface area contributed by atoms with Crippen LogP contribution in [0.25, 0.3) is 10.2 Å². The minimum Gasteiger partial charge on any atom is -0.350 e. The molecule has 2 aromatic rings. The van der Waals surface area contributed by atoms with Crippen LogP contribution in [0.5, 0.6) is 0 Å². The first-order valence-electron chi connectivity index (χ1n) is 8.09. The molecule has 0 unspecified atom stereocenters. The lowest BCUT2D eigenvalue weighted by Crippen LogP contribution is -2.35. The summed E-state index contributed by atoms with van der Waals surface area (Å²) in [6.07, 6.45) is 4.39. The van der Waals surface area contributed by atoms with E-state index in [-0.39, 0.29) is 11.9 Å². The summed E-state index contributed by atoms with van der Waals surface area (Å²) in [4.78, 5) is 16.7. The van der Waals surface area contributed by atoms with Gasteiger partial charge in [-0.1, -0.05) is 30.4 Å². The molecule has 3 rings (SSSR count). The highest BCUT2D eigenvalue weighted by molar-refractivity contribution is 7.22. The fraction of sp³-hybridized carbons (Fsp3) is 0.471. The number of aromatic nitrogens is 1. The molecular weight excluding hydrogens is 308 g/mol. The van der Waals surface area contributed by atoms with Gasteiger partial charge in [0, 0.05) is 5.71 Å². The van der Waals surface area contributed by atoms with Crippen LogP contribution in [-0.2, 0) is 4.79 Å². The van der Waals surface area contributed by atoms with Crippen molar-refractivity contribution in [2.45, 2.75) is 45.6 Å². The monoisotopic (exact) mass is 330 g/mol. The summed E-state index contributed by atoms with van der Waals surface area (Å²) >= 11 is 1.55. The Bertz CT molecular complexity index is 691. The molecule has 6 heteroatoms. The summed E-state index contributed by atoms with van der Waals surface area (Å²) in [7, 11) is 0. The number of anilines is 1. The number of para-hydroxylation sites is 1. The van der Waals surface area contributed by atoms with Crippen molar-refractivity contribution in [3.05, 3.63) is 24.3 Å². The lowest BCUT2D eigenvalue weighted by molar-refractivity contribution is -0.121. The Morgan fingerprint density at radius 1 is 1.43 bits per heavy atom. The molecule has 1 heterocycles. The highest BCUT2D eigenvalue weighted by Gasteiger charge is 2.17. The third-order valence-corrected chi connectivity index (χ3v) is 5.07. The summed E-state index contributed by atoms with van der Waals surface area (Å²) in [5.41, 5.74) is 4.74. The molecule has 0 spiro atoms. The molecule has 1 fully saturated rings. The standard InChI is InChI=1S/C17H22N4OS/c1-11-6-5-7-13(10-11)20-21-16(22)12(2)18-17-19-14-8-3-4-9-15(14)23-17/h3-4,8-9,11-12H,5-7,10H2,1-2H3,(H,18,19)(H,21,22)/b20-13+/t11-,12-/m0/s1. The van der Waals surface area contributed by atoms with Gasteiger partial charge in [0.1, 0.15) is 6.04 Å². The molecule has 1 aromatic carbocycles. The zero-order valence-electron chi connectivity index (χ0n) is 13.5. The van der Waals surface area contributed by atoms with Crippen LogP contribution in [0.3, 0.4) is 0 Å². The number of benzene rings is 1. The van der Waals surface area contributed by atoms with Gasteiger partial charge in [0.05, 0.1) is 10.2 Å². The fourth-order valence-corrected chi connectivity index (χ4v) is 3.73. The molecule has 2 atom stereocenters. The molecule has 5 nitrogen and oxygen atoms in total. The minimum atomic E-state index is -0.374. The summed E-state index contributed by atoms with van der Waals surface area (Å²) in [5.74, 6) is 0.535. The second-order valence-corrected chi connectivity index (χ2v) is 7.24. The summed E-state index contributed by atoms with van der Waals surface area (Å²) in [6.45, 7) is 4.05. The van der Waals surface area contributed by atoms with Crippen LogP contribution in [-0.4, -0.2) is 22.6 Å². The molecule has 2 N–H and O–H groups in total.